The SMILES string of the molecule is O=C(O)c1cccc2c1-c1cc3c(cc1=C2)CCN=3. The van der Waals surface area contributed by atoms with E-state index in [4.69, 9.17) is 0 Å². The monoisotopic (exact) mass is 249 g/mol. The molecule has 0 fully saturated rings. The predicted octanol–water partition coefficient (Wildman–Crippen LogP) is 1.37. The third-order valence-corrected chi connectivity index (χ3v) is 3.82. The van der Waals surface area contributed by atoms with Gasteiger partial charge in [0.25, 0.3) is 0 Å². The van der Waals surface area contributed by atoms with Gasteiger partial charge in [-0.1, -0.05) is 12.1 Å². The lowest BCUT2D eigenvalue weighted by Gasteiger charge is -2.06. The van der Waals surface area contributed by atoms with E-state index < -0.39 is 5.97 Å². The summed E-state index contributed by atoms with van der Waals surface area (Å²) in [6.07, 6.45) is 3.05. The lowest BCUT2D eigenvalue weighted by molar-refractivity contribution is 0.0697. The first kappa shape index (κ1) is 10.5. The Hall–Kier alpha value is -2.42. The standard InChI is InChI=1S/C16H11NO2/c18-16(19)12-3-1-2-10-7-11-6-9-4-5-17-14(9)8-13(11)15(10)12/h1-3,6-8H,4-5H2,(H,18,19). The minimum Gasteiger partial charge on any atom is -0.478 e. The van der Waals surface area contributed by atoms with Gasteiger partial charge in [0, 0.05) is 12.1 Å². The van der Waals surface area contributed by atoms with Gasteiger partial charge in [-0.05, 0) is 52.6 Å². The highest BCUT2D eigenvalue weighted by Crippen LogP contribution is 2.30. The number of hydrogen-bond acceptors (Lipinski definition) is 2. The molecular formula is C16H11NO2. The van der Waals surface area contributed by atoms with Crippen LogP contribution in [-0.4, -0.2) is 17.6 Å². The van der Waals surface area contributed by atoms with Gasteiger partial charge in [-0.2, -0.15) is 0 Å². The summed E-state index contributed by atoms with van der Waals surface area (Å²) < 4.78 is 0. The molecule has 3 nitrogen and oxygen atoms in total. The van der Waals surface area contributed by atoms with Crippen molar-refractivity contribution in [2.24, 2.45) is 4.99 Å². The topological polar surface area (TPSA) is 49.7 Å². The average Bonchev–Trinajstić information content (AvgIpc) is 2.98. The van der Waals surface area contributed by atoms with Gasteiger partial charge < -0.3 is 5.11 Å². The summed E-state index contributed by atoms with van der Waals surface area (Å²) in [5.74, 6) is -0.879. The Labute approximate surface area is 109 Å². The first-order valence-electron chi connectivity index (χ1n) is 6.30. The zero-order valence-electron chi connectivity index (χ0n) is 10.2. The molecule has 1 aliphatic carbocycles. The molecule has 0 aromatic heterocycles. The Kier molecular flexibility index (Phi) is 1.96. The van der Waals surface area contributed by atoms with Crippen LogP contribution in [0.1, 0.15) is 21.5 Å². The van der Waals surface area contributed by atoms with Crippen molar-refractivity contribution in [3.05, 3.63) is 57.6 Å². The van der Waals surface area contributed by atoms with E-state index in [0.29, 0.717) is 5.56 Å². The maximum absolute atomic E-state index is 11.4. The van der Waals surface area contributed by atoms with Gasteiger partial charge in [0.1, 0.15) is 0 Å². The van der Waals surface area contributed by atoms with Gasteiger partial charge in [-0.25, -0.2) is 4.79 Å². The van der Waals surface area contributed by atoms with E-state index in [2.05, 4.69) is 17.1 Å². The van der Waals surface area contributed by atoms with Crippen molar-refractivity contribution in [3.8, 4) is 11.1 Å². The molecule has 0 saturated heterocycles. The van der Waals surface area contributed by atoms with Gasteiger partial charge in [-0.15, -0.1) is 0 Å². The van der Waals surface area contributed by atoms with E-state index in [9.17, 15) is 9.90 Å². The maximum Gasteiger partial charge on any atom is 0.336 e. The summed E-state index contributed by atoms with van der Waals surface area (Å²) in [6.45, 7) is 0.839. The van der Waals surface area contributed by atoms with Crippen molar-refractivity contribution in [2.45, 2.75) is 6.42 Å². The summed E-state index contributed by atoms with van der Waals surface area (Å²) in [6, 6.07) is 9.60. The largest absolute Gasteiger partial charge is 0.478 e. The predicted molar refractivity (Wildman–Crippen MR) is 71.8 cm³/mol. The van der Waals surface area contributed by atoms with Crippen LogP contribution >= 0.6 is 0 Å². The summed E-state index contributed by atoms with van der Waals surface area (Å²) >= 11 is 0. The first-order chi connectivity index (χ1) is 9.24. The lowest BCUT2D eigenvalue weighted by atomic mass is 9.98. The van der Waals surface area contributed by atoms with Crippen molar-refractivity contribution in [2.75, 3.05) is 6.54 Å². The smallest absolute Gasteiger partial charge is 0.336 e. The molecule has 1 heterocycles. The van der Waals surface area contributed by atoms with Crippen LogP contribution in [0.15, 0.2) is 35.3 Å². The van der Waals surface area contributed by atoms with Crippen molar-refractivity contribution < 1.29 is 9.90 Å². The second-order valence-electron chi connectivity index (χ2n) is 4.92. The van der Waals surface area contributed by atoms with Crippen LogP contribution in [0.2, 0.25) is 0 Å². The molecule has 2 aliphatic rings. The highest BCUT2D eigenvalue weighted by molar-refractivity contribution is 6.00. The molecule has 1 aliphatic heterocycles. The van der Waals surface area contributed by atoms with Crippen molar-refractivity contribution in [1.29, 1.82) is 0 Å². The van der Waals surface area contributed by atoms with Crippen LogP contribution < -0.4 is 10.6 Å². The van der Waals surface area contributed by atoms with Crippen LogP contribution in [0.25, 0.3) is 17.2 Å². The number of carbonyl (C=O) groups is 1. The van der Waals surface area contributed by atoms with E-state index in [1.807, 2.05) is 12.1 Å². The van der Waals surface area contributed by atoms with E-state index in [1.54, 1.807) is 12.1 Å². The summed E-state index contributed by atoms with van der Waals surface area (Å²) in [5, 5.41) is 11.5. The van der Waals surface area contributed by atoms with Gasteiger partial charge >= 0.3 is 5.97 Å². The third kappa shape index (κ3) is 1.38. The molecular weight excluding hydrogens is 238 g/mol. The Morgan fingerprint density at radius 2 is 2.16 bits per heavy atom. The van der Waals surface area contributed by atoms with Gasteiger partial charge in [0.15, 0.2) is 0 Å². The Bertz CT molecular complexity index is 850. The number of hydrogen-bond donors (Lipinski definition) is 1. The highest BCUT2D eigenvalue weighted by Gasteiger charge is 2.21. The van der Waals surface area contributed by atoms with Crippen LogP contribution in [0.5, 0.6) is 0 Å². The van der Waals surface area contributed by atoms with Gasteiger partial charge in [-0.3, -0.25) is 4.99 Å². The number of rotatable bonds is 1. The fourth-order valence-corrected chi connectivity index (χ4v) is 2.97. The number of benzene rings is 2. The van der Waals surface area contributed by atoms with E-state index in [-0.39, 0.29) is 0 Å². The van der Waals surface area contributed by atoms with Crippen LogP contribution in [0.3, 0.4) is 0 Å². The second kappa shape index (κ2) is 3.54. The average molecular weight is 249 g/mol. The molecule has 92 valence electrons. The van der Waals surface area contributed by atoms with Crippen LogP contribution in [-0.2, 0) is 6.42 Å². The Morgan fingerprint density at radius 3 is 3.00 bits per heavy atom. The van der Waals surface area contributed by atoms with Crippen molar-refractivity contribution >= 4 is 12.0 Å². The minimum atomic E-state index is -0.879. The molecule has 2 aromatic rings. The summed E-state index contributed by atoms with van der Waals surface area (Å²) in [7, 11) is 0. The van der Waals surface area contributed by atoms with Crippen molar-refractivity contribution in [3.63, 3.8) is 0 Å². The summed E-state index contributed by atoms with van der Waals surface area (Å²) in [4.78, 5) is 15.8. The molecule has 19 heavy (non-hydrogen) atoms. The molecule has 0 saturated carbocycles. The number of aromatic carboxylic acids is 1. The Morgan fingerprint density at radius 1 is 1.26 bits per heavy atom. The number of carboxylic acid groups (broad SMARTS) is 1. The molecule has 1 N–H and O–H groups in total. The fraction of sp³-hybridized carbons (Fsp3) is 0.125. The molecule has 0 unspecified atom stereocenters. The fourth-order valence-electron chi connectivity index (χ4n) is 2.97. The number of nitrogens with zero attached hydrogens (tertiary/aromatic N) is 1. The van der Waals surface area contributed by atoms with Gasteiger partial charge in [0.2, 0.25) is 0 Å². The van der Waals surface area contributed by atoms with Crippen LogP contribution in [0, 0.1) is 0 Å². The molecule has 4 rings (SSSR count). The number of fused-ring (bicyclic) bond motifs is 4. The molecule has 0 bridgehead atoms. The second-order valence-corrected chi connectivity index (χ2v) is 4.92. The normalized spacial score (nSPS) is 14.1. The third-order valence-electron chi connectivity index (χ3n) is 3.82. The highest BCUT2D eigenvalue weighted by atomic mass is 16.4. The molecule has 2 aromatic carbocycles. The summed E-state index contributed by atoms with van der Waals surface area (Å²) in [5.41, 5.74) is 4.44. The molecule has 3 heteroatoms. The van der Waals surface area contributed by atoms with E-state index >= 15 is 0 Å². The lowest BCUT2D eigenvalue weighted by Crippen LogP contribution is -2.13. The quantitative estimate of drug-likeness (QED) is 0.708. The zero-order valence-corrected chi connectivity index (χ0v) is 10.2. The van der Waals surface area contributed by atoms with E-state index in [0.717, 1.165) is 40.2 Å². The van der Waals surface area contributed by atoms with E-state index in [1.165, 1.54) is 5.56 Å². The number of carboxylic acids is 1. The molecule has 0 amide bonds. The molecule has 0 atom stereocenters. The zero-order chi connectivity index (χ0) is 13.0. The molecule has 0 spiro atoms. The first-order valence-corrected chi connectivity index (χ1v) is 6.30. The maximum atomic E-state index is 11.4. The minimum absolute atomic E-state index is 0.366. The van der Waals surface area contributed by atoms with Crippen molar-refractivity contribution in [1.82, 2.24) is 0 Å². The van der Waals surface area contributed by atoms with Gasteiger partial charge in [0.05, 0.1) is 10.9 Å². The molecule has 0 radical (unpaired) electrons. The van der Waals surface area contributed by atoms with Crippen LogP contribution in [0.4, 0.5) is 0 Å². The Balaban J connectivity index is 2.09.